The van der Waals surface area contributed by atoms with Crippen LogP contribution in [0.25, 0.3) is 0 Å². The molecule has 2 aromatic rings. The van der Waals surface area contributed by atoms with E-state index >= 15 is 0 Å². The molecule has 0 fully saturated rings. The van der Waals surface area contributed by atoms with Crippen molar-refractivity contribution >= 4 is 5.96 Å². The van der Waals surface area contributed by atoms with Crippen LogP contribution >= 0.6 is 0 Å². The van der Waals surface area contributed by atoms with Gasteiger partial charge in [0.2, 0.25) is 0 Å². The van der Waals surface area contributed by atoms with Crippen LogP contribution in [0.4, 0.5) is 0 Å². The third kappa shape index (κ3) is 4.19. The third-order valence-corrected chi connectivity index (χ3v) is 4.43. The fraction of sp³-hybridized carbons (Fsp3) is 0.556. The molecule has 0 aliphatic carbocycles. The molecule has 0 aromatic carbocycles. The minimum absolute atomic E-state index is 0.757. The van der Waals surface area contributed by atoms with Gasteiger partial charge in [-0.2, -0.15) is 5.10 Å². The Morgan fingerprint density at radius 2 is 2.08 bits per heavy atom. The van der Waals surface area contributed by atoms with Gasteiger partial charge in [0, 0.05) is 51.8 Å². The second kappa shape index (κ2) is 8.04. The highest BCUT2D eigenvalue weighted by atomic mass is 15.3. The Hall–Kier alpha value is -2.24. The molecule has 0 saturated heterocycles. The van der Waals surface area contributed by atoms with Crippen LogP contribution in [-0.4, -0.2) is 45.3 Å². The molecule has 0 unspecified atom stereocenters. The second-order valence-corrected chi connectivity index (χ2v) is 6.23. The Morgan fingerprint density at radius 1 is 1.33 bits per heavy atom. The van der Waals surface area contributed by atoms with Gasteiger partial charge in [-0.25, -0.2) is 0 Å². The lowest BCUT2D eigenvalue weighted by Crippen LogP contribution is -2.39. The van der Waals surface area contributed by atoms with Crippen molar-refractivity contribution in [3.05, 3.63) is 41.0 Å². The van der Waals surface area contributed by atoms with Gasteiger partial charge >= 0.3 is 0 Å². The average Bonchev–Trinajstić information content (AvgIpc) is 3.04. The van der Waals surface area contributed by atoms with E-state index in [-0.39, 0.29) is 0 Å². The highest BCUT2D eigenvalue weighted by Crippen LogP contribution is 2.12. The summed E-state index contributed by atoms with van der Waals surface area (Å²) < 4.78 is 4.09. The number of guanidine groups is 1. The van der Waals surface area contributed by atoms with Crippen LogP contribution in [0, 0.1) is 13.8 Å². The monoisotopic (exact) mass is 330 g/mol. The minimum Gasteiger partial charge on any atom is -0.357 e. The van der Waals surface area contributed by atoms with Gasteiger partial charge < -0.3 is 14.8 Å². The van der Waals surface area contributed by atoms with E-state index in [1.165, 1.54) is 17.0 Å². The summed E-state index contributed by atoms with van der Waals surface area (Å²) in [6, 6.07) is 4.21. The molecule has 0 amide bonds. The summed E-state index contributed by atoms with van der Waals surface area (Å²) in [5.74, 6) is 0.942. The first-order valence-corrected chi connectivity index (χ1v) is 8.52. The predicted octanol–water partition coefficient (Wildman–Crippen LogP) is 2.02. The lowest BCUT2D eigenvalue weighted by molar-refractivity contribution is 0.462. The van der Waals surface area contributed by atoms with Crippen LogP contribution in [0.2, 0.25) is 0 Å². The molecule has 2 aromatic heterocycles. The van der Waals surface area contributed by atoms with Gasteiger partial charge in [-0.1, -0.05) is 0 Å². The molecule has 24 heavy (non-hydrogen) atoms. The molecule has 0 saturated carbocycles. The molecule has 6 nitrogen and oxygen atoms in total. The van der Waals surface area contributed by atoms with Crippen LogP contribution in [0.1, 0.15) is 29.6 Å². The van der Waals surface area contributed by atoms with Crippen molar-refractivity contribution in [2.75, 3.05) is 20.1 Å². The zero-order valence-electron chi connectivity index (χ0n) is 15.8. The summed E-state index contributed by atoms with van der Waals surface area (Å²) in [6.45, 7) is 8.74. The maximum Gasteiger partial charge on any atom is 0.194 e. The molecule has 132 valence electrons. The van der Waals surface area contributed by atoms with E-state index in [1.807, 2.05) is 11.7 Å². The molecule has 6 heteroatoms. The molecule has 0 bridgehead atoms. The first kappa shape index (κ1) is 18.1. The Morgan fingerprint density at radius 3 is 2.62 bits per heavy atom. The zero-order chi connectivity index (χ0) is 17.7. The highest BCUT2D eigenvalue weighted by Gasteiger charge is 2.10. The maximum absolute atomic E-state index is 4.80. The first-order valence-electron chi connectivity index (χ1n) is 8.52. The van der Waals surface area contributed by atoms with Gasteiger partial charge in [-0.3, -0.25) is 9.67 Å². The van der Waals surface area contributed by atoms with Crippen molar-refractivity contribution in [3.8, 4) is 0 Å². The molecule has 0 spiro atoms. The van der Waals surface area contributed by atoms with E-state index in [0.29, 0.717) is 0 Å². The maximum atomic E-state index is 4.80. The molecule has 0 atom stereocenters. The van der Waals surface area contributed by atoms with E-state index in [2.05, 4.69) is 73.1 Å². The molecule has 0 aliphatic rings. The quantitative estimate of drug-likeness (QED) is 0.651. The van der Waals surface area contributed by atoms with Crippen LogP contribution in [-0.2, 0) is 27.1 Å². The minimum atomic E-state index is 0.757. The highest BCUT2D eigenvalue weighted by molar-refractivity contribution is 5.79. The summed E-state index contributed by atoms with van der Waals surface area (Å²) in [6.07, 6.45) is 2.99. The zero-order valence-corrected chi connectivity index (χ0v) is 15.8. The summed E-state index contributed by atoms with van der Waals surface area (Å²) in [5.41, 5.74) is 4.90. The number of nitrogens with one attached hydrogen (secondary N) is 1. The van der Waals surface area contributed by atoms with Crippen molar-refractivity contribution in [1.29, 1.82) is 0 Å². The largest absolute Gasteiger partial charge is 0.357 e. The summed E-state index contributed by atoms with van der Waals surface area (Å²) >= 11 is 0. The molecular formula is C18H30N6. The van der Waals surface area contributed by atoms with Crippen LogP contribution in [0.5, 0.6) is 0 Å². The molecular weight excluding hydrogens is 300 g/mol. The Balaban J connectivity index is 2.03. The van der Waals surface area contributed by atoms with Crippen LogP contribution < -0.4 is 5.32 Å². The Labute approximate surface area is 145 Å². The van der Waals surface area contributed by atoms with E-state index in [4.69, 9.17) is 4.99 Å². The standard InChI is InChI=1S/C18H30N6/c1-7-19-18(23(5)13-16-9-8-12-22(16)4)20-11-10-17-14(2)21-24(6)15(17)3/h8-9,12H,7,10-11,13H2,1-6H3,(H,19,20). The van der Waals surface area contributed by atoms with E-state index in [9.17, 15) is 0 Å². The fourth-order valence-electron chi connectivity index (χ4n) is 2.90. The van der Waals surface area contributed by atoms with Gasteiger partial charge in [-0.05, 0) is 44.9 Å². The smallest absolute Gasteiger partial charge is 0.194 e. The van der Waals surface area contributed by atoms with E-state index < -0.39 is 0 Å². The third-order valence-electron chi connectivity index (χ3n) is 4.43. The Kier molecular flexibility index (Phi) is 6.06. The molecule has 0 radical (unpaired) electrons. The SMILES string of the molecule is CCNC(=NCCc1c(C)nn(C)c1C)N(C)Cc1cccn1C. The summed E-state index contributed by atoms with van der Waals surface area (Å²) in [7, 11) is 6.14. The number of rotatable bonds is 6. The van der Waals surface area contributed by atoms with Crippen molar-refractivity contribution < 1.29 is 0 Å². The summed E-state index contributed by atoms with van der Waals surface area (Å²) in [4.78, 5) is 6.96. The fourth-order valence-corrected chi connectivity index (χ4v) is 2.90. The van der Waals surface area contributed by atoms with Crippen molar-refractivity contribution in [3.63, 3.8) is 0 Å². The van der Waals surface area contributed by atoms with Gasteiger partial charge in [0.15, 0.2) is 5.96 Å². The molecule has 1 N–H and O–H groups in total. The number of aryl methyl sites for hydroxylation is 3. The lowest BCUT2D eigenvalue weighted by Gasteiger charge is -2.22. The molecule has 0 aliphatic heterocycles. The Bertz CT molecular complexity index is 694. The van der Waals surface area contributed by atoms with Crippen molar-refractivity contribution in [2.24, 2.45) is 19.1 Å². The van der Waals surface area contributed by atoms with Gasteiger partial charge in [0.05, 0.1) is 12.2 Å². The van der Waals surface area contributed by atoms with Crippen molar-refractivity contribution in [2.45, 2.75) is 33.7 Å². The number of aromatic nitrogens is 3. The number of nitrogens with zero attached hydrogens (tertiary/aromatic N) is 5. The van der Waals surface area contributed by atoms with Crippen LogP contribution in [0.3, 0.4) is 0 Å². The first-order chi connectivity index (χ1) is 11.4. The van der Waals surface area contributed by atoms with Crippen molar-refractivity contribution in [1.82, 2.24) is 24.6 Å². The summed E-state index contributed by atoms with van der Waals surface area (Å²) in [5, 5.41) is 7.86. The van der Waals surface area contributed by atoms with Crippen LogP contribution in [0.15, 0.2) is 23.3 Å². The average molecular weight is 330 g/mol. The molecule has 2 heterocycles. The number of hydrogen-bond donors (Lipinski definition) is 1. The predicted molar refractivity (Wildman–Crippen MR) is 99.2 cm³/mol. The van der Waals surface area contributed by atoms with E-state index in [0.717, 1.165) is 37.7 Å². The van der Waals surface area contributed by atoms with Gasteiger partial charge in [0.25, 0.3) is 0 Å². The van der Waals surface area contributed by atoms with Gasteiger partial charge in [0.1, 0.15) is 0 Å². The lowest BCUT2D eigenvalue weighted by atomic mass is 10.1. The normalized spacial score (nSPS) is 11.8. The van der Waals surface area contributed by atoms with Gasteiger partial charge in [-0.15, -0.1) is 0 Å². The van der Waals surface area contributed by atoms with E-state index in [1.54, 1.807) is 0 Å². The number of aliphatic imine (C=N–C) groups is 1. The molecule has 2 rings (SSSR count). The topological polar surface area (TPSA) is 50.4 Å². The number of hydrogen-bond acceptors (Lipinski definition) is 2. The second-order valence-electron chi connectivity index (χ2n) is 6.23.